The van der Waals surface area contributed by atoms with Crippen molar-refractivity contribution in [2.45, 2.75) is 103 Å². The van der Waals surface area contributed by atoms with E-state index in [9.17, 15) is 15.2 Å². The molecule has 1 amide bonds. The maximum absolute atomic E-state index is 12.9. The Kier molecular flexibility index (Phi) is 9.41. The summed E-state index contributed by atoms with van der Waals surface area (Å²) in [6.45, 7) is 6.77. The van der Waals surface area contributed by atoms with Crippen LogP contribution in [0, 0.1) is 11.3 Å². The van der Waals surface area contributed by atoms with E-state index in [1.54, 1.807) is 23.1 Å². The van der Waals surface area contributed by atoms with Crippen LogP contribution in [-0.4, -0.2) is 40.8 Å². The van der Waals surface area contributed by atoms with Crippen LogP contribution < -0.4 is 4.74 Å². The summed E-state index contributed by atoms with van der Waals surface area (Å²) in [5.41, 5.74) is 0.256. The molecule has 1 N–H and O–H groups in total. The normalized spacial score (nSPS) is 21.0. The van der Waals surface area contributed by atoms with E-state index in [1.807, 2.05) is 13.8 Å². The second-order valence-electron chi connectivity index (χ2n) is 10.1. The first kappa shape index (κ1) is 26.1. The van der Waals surface area contributed by atoms with Gasteiger partial charge in [0.2, 0.25) is 0 Å². The highest BCUT2D eigenvalue weighted by atomic mass is 16.5. The van der Waals surface area contributed by atoms with Crippen molar-refractivity contribution in [3.8, 4) is 11.8 Å². The smallest absolute Gasteiger partial charge is 0.251 e. The molecule has 3 rings (SSSR count). The number of unbranched alkanes of at least 4 members (excludes halogenated alkanes) is 9. The van der Waals surface area contributed by atoms with Crippen molar-refractivity contribution < 1.29 is 19.4 Å². The Morgan fingerprint density at radius 3 is 2.41 bits per heavy atom. The fraction of sp³-hybridized carbons (Fsp3) is 0.643. The summed E-state index contributed by atoms with van der Waals surface area (Å²) in [4.78, 5) is 14.5. The highest BCUT2D eigenvalue weighted by Gasteiger charge is 2.47. The molecule has 2 heterocycles. The number of fused-ring (bicyclic) bond motifs is 1. The number of carbonyl (C=O) groups excluding carboxylic acids is 1. The van der Waals surface area contributed by atoms with E-state index < -0.39 is 17.7 Å². The lowest BCUT2D eigenvalue weighted by atomic mass is 9.85. The number of benzene rings is 1. The molecule has 0 unspecified atom stereocenters. The van der Waals surface area contributed by atoms with Crippen LogP contribution in [0.4, 0.5) is 0 Å². The summed E-state index contributed by atoms with van der Waals surface area (Å²) in [7, 11) is 0. The molecule has 0 saturated heterocycles. The van der Waals surface area contributed by atoms with E-state index in [0.29, 0.717) is 35.8 Å². The maximum Gasteiger partial charge on any atom is 0.251 e. The number of rotatable bonds is 13. The van der Waals surface area contributed by atoms with Crippen molar-refractivity contribution in [3.63, 3.8) is 0 Å². The number of hydrogen-bond acceptors (Lipinski definition) is 5. The molecule has 0 aromatic heterocycles. The number of amides is 1. The van der Waals surface area contributed by atoms with Crippen LogP contribution >= 0.6 is 0 Å². The van der Waals surface area contributed by atoms with Gasteiger partial charge in [-0.15, -0.1) is 0 Å². The van der Waals surface area contributed by atoms with Crippen LogP contribution in [0.5, 0.6) is 5.75 Å². The summed E-state index contributed by atoms with van der Waals surface area (Å²) in [5.74, 6) is 1.04. The van der Waals surface area contributed by atoms with E-state index >= 15 is 0 Å². The molecule has 2 atom stereocenters. The van der Waals surface area contributed by atoms with Gasteiger partial charge in [0.15, 0.2) is 0 Å². The molecule has 2 aliphatic heterocycles. The third kappa shape index (κ3) is 6.54. The average molecular weight is 469 g/mol. The standard InChI is InChI=1S/C28H40N2O4/c1-4-5-6-7-8-9-10-11-12-13-16-33-22-18-25(31)30(20-22)26-23-17-21(19-29)14-15-24(23)34-28(2,3)27(26)32/h14-15,17-18,26-27,32H,4-13,16,20H2,1-3H3/t26-,27+/m0/s1. The van der Waals surface area contributed by atoms with Gasteiger partial charge in [-0.1, -0.05) is 64.7 Å². The van der Waals surface area contributed by atoms with Crippen molar-refractivity contribution >= 4 is 5.91 Å². The molecule has 0 radical (unpaired) electrons. The number of hydrogen-bond donors (Lipinski definition) is 1. The Hall–Kier alpha value is -2.52. The predicted octanol–water partition coefficient (Wildman–Crippen LogP) is 5.79. The molecule has 34 heavy (non-hydrogen) atoms. The van der Waals surface area contributed by atoms with E-state index in [0.717, 1.165) is 12.8 Å². The van der Waals surface area contributed by atoms with Crippen LogP contribution in [0.2, 0.25) is 0 Å². The molecule has 0 spiro atoms. The van der Waals surface area contributed by atoms with Gasteiger partial charge in [0.05, 0.1) is 30.8 Å². The molecule has 186 valence electrons. The molecular formula is C28H40N2O4. The maximum atomic E-state index is 12.9. The van der Waals surface area contributed by atoms with Gasteiger partial charge in [0.1, 0.15) is 23.2 Å². The highest BCUT2D eigenvalue weighted by Crippen LogP contribution is 2.44. The molecule has 0 saturated carbocycles. The van der Waals surface area contributed by atoms with Crippen LogP contribution in [0.3, 0.4) is 0 Å². The lowest BCUT2D eigenvalue weighted by Crippen LogP contribution is -2.54. The number of aliphatic hydroxyl groups is 1. The predicted molar refractivity (Wildman–Crippen MR) is 132 cm³/mol. The van der Waals surface area contributed by atoms with Gasteiger partial charge >= 0.3 is 0 Å². The Morgan fingerprint density at radius 2 is 1.76 bits per heavy atom. The minimum atomic E-state index is -0.937. The highest BCUT2D eigenvalue weighted by molar-refractivity contribution is 5.91. The Labute approximate surface area is 204 Å². The first-order valence-corrected chi connectivity index (χ1v) is 12.9. The third-order valence-electron chi connectivity index (χ3n) is 6.86. The average Bonchev–Trinajstić information content (AvgIpc) is 3.17. The van der Waals surface area contributed by atoms with Gasteiger partial charge in [0, 0.05) is 11.6 Å². The van der Waals surface area contributed by atoms with Crippen molar-refractivity contribution in [2.24, 2.45) is 0 Å². The van der Waals surface area contributed by atoms with Crippen LogP contribution in [0.15, 0.2) is 30.0 Å². The fourth-order valence-corrected chi connectivity index (χ4v) is 4.80. The first-order valence-electron chi connectivity index (χ1n) is 12.9. The number of nitriles is 1. The topological polar surface area (TPSA) is 82.8 Å². The monoisotopic (exact) mass is 468 g/mol. The quantitative estimate of drug-likeness (QED) is 0.370. The van der Waals surface area contributed by atoms with Crippen LogP contribution in [-0.2, 0) is 9.53 Å². The lowest BCUT2D eigenvalue weighted by Gasteiger charge is -2.45. The second kappa shape index (κ2) is 12.3. The number of ether oxygens (including phenoxy) is 2. The van der Waals surface area contributed by atoms with Gasteiger partial charge in [-0.3, -0.25) is 4.79 Å². The Morgan fingerprint density at radius 1 is 1.12 bits per heavy atom. The SMILES string of the molecule is CCCCCCCCCCCCOC1=CC(=O)N([C@H]2c3cc(C#N)ccc3OC(C)(C)[C@@H]2O)C1. The molecule has 1 aromatic carbocycles. The summed E-state index contributed by atoms with van der Waals surface area (Å²) in [6, 6.07) is 6.66. The van der Waals surface area contributed by atoms with Gasteiger partial charge in [-0.05, 0) is 38.5 Å². The minimum Gasteiger partial charge on any atom is -0.496 e. The molecule has 0 fully saturated rings. The lowest BCUT2D eigenvalue weighted by molar-refractivity contribution is -0.137. The van der Waals surface area contributed by atoms with E-state index in [4.69, 9.17) is 9.47 Å². The minimum absolute atomic E-state index is 0.187. The van der Waals surface area contributed by atoms with Gasteiger partial charge in [-0.25, -0.2) is 0 Å². The van der Waals surface area contributed by atoms with Crippen molar-refractivity contribution in [2.75, 3.05) is 13.2 Å². The second-order valence-corrected chi connectivity index (χ2v) is 10.1. The van der Waals surface area contributed by atoms with Gasteiger partial charge in [0.25, 0.3) is 5.91 Å². The van der Waals surface area contributed by atoms with E-state index in [1.165, 1.54) is 57.4 Å². The fourth-order valence-electron chi connectivity index (χ4n) is 4.80. The largest absolute Gasteiger partial charge is 0.496 e. The summed E-state index contributed by atoms with van der Waals surface area (Å²) >= 11 is 0. The van der Waals surface area contributed by atoms with E-state index in [2.05, 4.69) is 13.0 Å². The first-order chi connectivity index (χ1) is 16.4. The zero-order valence-electron chi connectivity index (χ0n) is 21.0. The third-order valence-corrected chi connectivity index (χ3v) is 6.86. The molecule has 2 aliphatic rings. The van der Waals surface area contributed by atoms with E-state index in [-0.39, 0.29) is 5.91 Å². The summed E-state index contributed by atoms with van der Waals surface area (Å²) < 4.78 is 11.9. The van der Waals surface area contributed by atoms with Crippen molar-refractivity contribution in [1.29, 1.82) is 5.26 Å². The summed E-state index contributed by atoms with van der Waals surface area (Å²) in [6.07, 6.45) is 13.2. The zero-order chi connectivity index (χ0) is 24.6. The Balaban J connectivity index is 1.48. The van der Waals surface area contributed by atoms with Crippen molar-refractivity contribution in [3.05, 3.63) is 41.2 Å². The molecule has 0 bridgehead atoms. The van der Waals surface area contributed by atoms with Crippen molar-refractivity contribution in [1.82, 2.24) is 4.90 Å². The van der Waals surface area contributed by atoms with Crippen LogP contribution in [0.25, 0.3) is 0 Å². The molecular weight excluding hydrogens is 428 g/mol. The van der Waals surface area contributed by atoms with Gasteiger partial charge in [-0.2, -0.15) is 5.26 Å². The Bertz CT molecular complexity index is 902. The van der Waals surface area contributed by atoms with Gasteiger partial charge < -0.3 is 19.5 Å². The number of aliphatic hydroxyl groups excluding tert-OH is 1. The molecule has 1 aromatic rings. The zero-order valence-corrected chi connectivity index (χ0v) is 21.0. The van der Waals surface area contributed by atoms with Crippen LogP contribution in [0.1, 0.15) is 102 Å². The molecule has 0 aliphatic carbocycles. The number of carbonyl (C=O) groups is 1. The number of nitrogens with zero attached hydrogens (tertiary/aromatic N) is 2. The molecule has 6 heteroatoms. The molecule has 6 nitrogen and oxygen atoms in total. The summed E-state index contributed by atoms with van der Waals surface area (Å²) in [5, 5.41) is 20.4.